The molecule has 0 saturated heterocycles. The molecule has 0 fully saturated rings. The maximum absolute atomic E-state index is 8.90. The predicted octanol–water partition coefficient (Wildman–Crippen LogP) is 2.94. The van der Waals surface area contributed by atoms with Crippen molar-refractivity contribution in [1.82, 2.24) is 4.98 Å². The van der Waals surface area contributed by atoms with Crippen LogP contribution < -0.4 is 10.6 Å². The van der Waals surface area contributed by atoms with Crippen LogP contribution in [-0.4, -0.2) is 23.1 Å². The molecule has 0 saturated carbocycles. The van der Waals surface area contributed by atoms with E-state index in [4.69, 9.17) is 10.9 Å². The molecule has 106 valence electrons. The van der Waals surface area contributed by atoms with E-state index in [9.17, 15) is 0 Å². The van der Waals surface area contributed by atoms with Gasteiger partial charge in [-0.3, -0.25) is 0 Å². The molecule has 1 aromatic heterocycles. The second-order valence-corrected chi connectivity index (χ2v) is 6.34. The molecule has 0 bridgehead atoms. The van der Waals surface area contributed by atoms with E-state index in [1.807, 2.05) is 42.5 Å². The lowest BCUT2D eigenvalue weighted by Gasteiger charge is -2.21. The molecule has 20 heavy (non-hydrogen) atoms. The minimum absolute atomic E-state index is 0.0857. The van der Waals surface area contributed by atoms with Gasteiger partial charge >= 0.3 is 0 Å². The van der Waals surface area contributed by atoms with Crippen LogP contribution in [0.25, 0.3) is 0 Å². The number of nitrogens with two attached hydrogens (primary N) is 1. The molecule has 3 N–H and O–H groups in total. The van der Waals surface area contributed by atoms with Crippen LogP contribution in [0.5, 0.6) is 0 Å². The highest BCUT2D eigenvalue weighted by Gasteiger charge is 2.13. The number of amidine groups is 1. The fourth-order valence-electron chi connectivity index (χ4n) is 1.91. The van der Waals surface area contributed by atoms with Crippen molar-refractivity contribution in [1.29, 1.82) is 0 Å². The van der Waals surface area contributed by atoms with Crippen LogP contribution in [0.3, 0.4) is 0 Å². The van der Waals surface area contributed by atoms with Crippen LogP contribution >= 0.6 is 27.3 Å². The molecular formula is C13H15BrN4OS. The molecule has 0 atom stereocenters. The Balaban J connectivity index is 2.31. The quantitative estimate of drug-likeness (QED) is 0.383. The highest BCUT2D eigenvalue weighted by molar-refractivity contribution is 9.10. The molecule has 7 heteroatoms. The van der Waals surface area contributed by atoms with E-state index < -0.39 is 0 Å². The van der Waals surface area contributed by atoms with Gasteiger partial charge in [-0.1, -0.05) is 21.1 Å². The SMILES string of the molecule is Cc1nc(CN(C)c2ccc(Br)cc2/C(N)=N/O)cs1. The van der Waals surface area contributed by atoms with Gasteiger partial charge in [-0.2, -0.15) is 0 Å². The molecule has 0 unspecified atom stereocenters. The molecule has 0 aliphatic rings. The first kappa shape index (κ1) is 14.8. The predicted molar refractivity (Wildman–Crippen MR) is 85.6 cm³/mol. The summed E-state index contributed by atoms with van der Waals surface area (Å²) in [5.74, 6) is 0.0857. The number of hydrogen-bond donors (Lipinski definition) is 2. The Morgan fingerprint density at radius 3 is 2.90 bits per heavy atom. The zero-order chi connectivity index (χ0) is 14.7. The Bertz CT molecular complexity index is 641. The van der Waals surface area contributed by atoms with Gasteiger partial charge in [0.05, 0.1) is 17.2 Å². The number of halogens is 1. The fraction of sp³-hybridized carbons (Fsp3) is 0.231. The van der Waals surface area contributed by atoms with Gasteiger partial charge < -0.3 is 15.8 Å². The van der Waals surface area contributed by atoms with Crippen molar-refractivity contribution in [3.8, 4) is 0 Å². The highest BCUT2D eigenvalue weighted by atomic mass is 79.9. The minimum atomic E-state index is 0.0857. The van der Waals surface area contributed by atoms with Gasteiger partial charge in [0.25, 0.3) is 0 Å². The van der Waals surface area contributed by atoms with E-state index >= 15 is 0 Å². The van der Waals surface area contributed by atoms with Crippen molar-refractivity contribution in [3.05, 3.63) is 44.3 Å². The molecule has 2 rings (SSSR count). The Kier molecular flexibility index (Phi) is 4.61. The Labute approximate surface area is 129 Å². The normalized spacial score (nSPS) is 11.7. The van der Waals surface area contributed by atoms with Crippen molar-refractivity contribution in [2.24, 2.45) is 10.9 Å². The average Bonchev–Trinajstić information content (AvgIpc) is 2.82. The standard InChI is InChI=1S/C13H15BrN4OS/c1-8-16-10(7-20-8)6-18(2)12-4-3-9(14)5-11(12)13(15)17-19/h3-5,7,19H,6H2,1-2H3,(H2,15,17). The molecule has 0 aliphatic carbocycles. The topological polar surface area (TPSA) is 74.7 Å². The van der Waals surface area contributed by atoms with E-state index in [1.54, 1.807) is 11.3 Å². The molecule has 0 amide bonds. The Morgan fingerprint density at radius 1 is 1.55 bits per heavy atom. The van der Waals surface area contributed by atoms with E-state index in [0.717, 1.165) is 20.9 Å². The van der Waals surface area contributed by atoms with Crippen LogP contribution in [-0.2, 0) is 6.54 Å². The van der Waals surface area contributed by atoms with E-state index in [1.165, 1.54) is 0 Å². The van der Waals surface area contributed by atoms with Crippen LogP contribution in [0, 0.1) is 6.92 Å². The Morgan fingerprint density at radius 2 is 2.30 bits per heavy atom. The molecule has 0 spiro atoms. The van der Waals surface area contributed by atoms with Crippen LogP contribution in [0.1, 0.15) is 16.3 Å². The van der Waals surface area contributed by atoms with Crippen molar-refractivity contribution < 1.29 is 5.21 Å². The number of benzene rings is 1. The van der Waals surface area contributed by atoms with Crippen molar-refractivity contribution in [2.45, 2.75) is 13.5 Å². The van der Waals surface area contributed by atoms with Gasteiger partial charge in [0, 0.05) is 28.2 Å². The zero-order valence-corrected chi connectivity index (χ0v) is 13.6. The third kappa shape index (κ3) is 3.29. The summed E-state index contributed by atoms with van der Waals surface area (Å²) in [6, 6.07) is 5.68. The largest absolute Gasteiger partial charge is 0.409 e. The first-order chi connectivity index (χ1) is 9.51. The molecule has 2 aromatic rings. The second-order valence-electron chi connectivity index (χ2n) is 4.36. The number of oxime groups is 1. The summed E-state index contributed by atoms with van der Waals surface area (Å²) in [6.07, 6.45) is 0. The zero-order valence-electron chi connectivity index (χ0n) is 11.2. The number of aryl methyl sites for hydroxylation is 1. The maximum Gasteiger partial charge on any atom is 0.172 e. The molecular weight excluding hydrogens is 340 g/mol. The number of rotatable bonds is 4. The summed E-state index contributed by atoms with van der Waals surface area (Å²) >= 11 is 5.02. The first-order valence-electron chi connectivity index (χ1n) is 5.91. The van der Waals surface area contributed by atoms with Gasteiger partial charge in [-0.25, -0.2) is 4.98 Å². The lowest BCUT2D eigenvalue weighted by molar-refractivity contribution is 0.318. The van der Waals surface area contributed by atoms with Crippen LogP contribution in [0.15, 0.2) is 33.2 Å². The highest BCUT2D eigenvalue weighted by Crippen LogP contribution is 2.25. The second kappa shape index (κ2) is 6.23. The molecule has 0 radical (unpaired) electrons. The summed E-state index contributed by atoms with van der Waals surface area (Å²) in [6.45, 7) is 2.65. The van der Waals surface area contributed by atoms with Crippen molar-refractivity contribution in [3.63, 3.8) is 0 Å². The summed E-state index contributed by atoms with van der Waals surface area (Å²) < 4.78 is 0.876. The summed E-state index contributed by atoms with van der Waals surface area (Å²) in [5, 5.41) is 15.1. The van der Waals surface area contributed by atoms with Crippen LogP contribution in [0.2, 0.25) is 0 Å². The van der Waals surface area contributed by atoms with Crippen LogP contribution in [0.4, 0.5) is 5.69 Å². The Hall–Kier alpha value is -1.60. The minimum Gasteiger partial charge on any atom is -0.409 e. The van der Waals surface area contributed by atoms with Gasteiger partial charge in [-0.05, 0) is 25.1 Å². The third-order valence-electron chi connectivity index (χ3n) is 2.82. The molecule has 5 nitrogen and oxygen atoms in total. The summed E-state index contributed by atoms with van der Waals surface area (Å²) in [4.78, 5) is 6.47. The lowest BCUT2D eigenvalue weighted by Crippen LogP contribution is -2.22. The first-order valence-corrected chi connectivity index (χ1v) is 7.58. The smallest absolute Gasteiger partial charge is 0.172 e. The van der Waals surface area contributed by atoms with Crippen molar-refractivity contribution in [2.75, 3.05) is 11.9 Å². The van der Waals surface area contributed by atoms with Gasteiger partial charge in [0.2, 0.25) is 0 Å². The van der Waals surface area contributed by atoms with E-state index in [2.05, 4.69) is 26.1 Å². The number of nitrogens with zero attached hydrogens (tertiary/aromatic N) is 3. The number of thiazole rings is 1. The van der Waals surface area contributed by atoms with Gasteiger partial charge in [-0.15, -0.1) is 11.3 Å². The monoisotopic (exact) mass is 354 g/mol. The lowest BCUT2D eigenvalue weighted by atomic mass is 10.1. The fourth-order valence-corrected chi connectivity index (χ4v) is 2.87. The number of hydrogen-bond acceptors (Lipinski definition) is 5. The van der Waals surface area contributed by atoms with Gasteiger partial charge in [0.15, 0.2) is 5.84 Å². The molecule has 1 aromatic carbocycles. The summed E-state index contributed by atoms with van der Waals surface area (Å²) in [7, 11) is 1.95. The average molecular weight is 355 g/mol. The van der Waals surface area contributed by atoms with E-state index in [0.29, 0.717) is 12.1 Å². The number of anilines is 1. The number of aromatic nitrogens is 1. The molecule has 1 heterocycles. The van der Waals surface area contributed by atoms with Gasteiger partial charge in [0.1, 0.15) is 0 Å². The van der Waals surface area contributed by atoms with Crippen molar-refractivity contribution >= 4 is 38.8 Å². The molecule has 0 aliphatic heterocycles. The summed E-state index contributed by atoms with van der Waals surface area (Å²) in [5.41, 5.74) is 8.30. The van der Waals surface area contributed by atoms with E-state index in [-0.39, 0.29) is 5.84 Å². The maximum atomic E-state index is 8.90. The third-order valence-corrected chi connectivity index (χ3v) is 4.13.